The first-order valence-corrected chi connectivity index (χ1v) is 10.8. The zero-order valence-electron chi connectivity index (χ0n) is 15.5. The van der Waals surface area contributed by atoms with E-state index in [1.165, 1.54) is 5.56 Å². The molecule has 0 radical (unpaired) electrons. The zero-order valence-corrected chi connectivity index (χ0v) is 16.3. The summed E-state index contributed by atoms with van der Waals surface area (Å²) in [5.74, 6) is 0.0518. The van der Waals surface area contributed by atoms with Gasteiger partial charge in [-0.2, -0.15) is 0 Å². The van der Waals surface area contributed by atoms with Crippen LogP contribution in [0.2, 0.25) is 0 Å². The number of hydrogen-bond donors (Lipinski definition) is 1. The number of nitrogens with zero attached hydrogens (tertiary/aromatic N) is 2. The third kappa shape index (κ3) is 4.30. The van der Waals surface area contributed by atoms with E-state index in [9.17, 15) is 8.42 Å². The lowest BCUT2D eigenvalue weighted by Crippen LogP contribution is -2.39. The average molecular weight is 394 g/mol. The number of sulfonamides is 1. The van der Waals surface area contributed by atoms with Crippen molar-refractivity contribution in [3.05, 3.63) is 96.3 Å². The summed E-state index contributed by atoms with van der Waals surface area (Å²) in [5, 5.41) is 0. The Morgan fingerprint density at radius 3 is 2.32 bits per heavy atom. The fourth-order valence-electron chi connectivity index (χ4n) is 3.78. The Labute approximate surface area is 166 Å². The summed E-state index contributed by atoms with van der Waals surface area (Å²) in [6.45, 7) is 2.23. The standard InChI is InChI=1S/C22H23N3O2S/c26-28(27,20-11-5-2-6-12-20)24-22-17-25(15-18-8-3-1-4-9-18)16-21(22)19-10-7-13-23-14-19/h1-14,21-22,24H,15-17H2/t21-,22+/m1/s1. The van der Waals surface area contributed by atoms with Gasteiger partial charge in [0.2, 0.25) is 10.0 Å². The van der Waals surface area contributed by atoms with Gasteiger partial charge >= 0.3 is 0 Å². The summed E-state index contributed by atoms with van der Waals surface area (Å²) in [4.78, 5) is 6.82. The van der Waals surface area contributed by atoms with Crippen molar-refractivity contribution in [2.24, 2.45) is 0 Å². The van der Waals surface area contributed by atoms with Crippen molar-refractivity contribution in [3.8, 4) is 0 Å². The molecule has 2 atom stereocenters. The van der Waals surface area contributed by atoms with Gasteiger partial charge in [0.05, 0.1) is 4.90 Å². The molecule has 2 heterocycles. The van der Waals surface area contributed by atoms with Crippen molar-refractivity contribution in [1.29, 1.82) is 0 Å². The monoisotopic (exact) mass is 393 g/mol. The summed E-state index contributed by atoms with van der Waals surface area (Å²) >= 11 is 0. The predicted molar refractivity (Wildman–Crippen MR) is 109 cm³/mol. The Morgan fingerprint density at radius 2 is 1.64 bits per heavy atom. The first-order chi connectivity index (χ1) is 13.6. The fraction of sp³-hybridized carbons (Fsp3) is 0.227. The number of hydrogen-bond acceptors (Lipinski definition) is 4. The zero-order chi connectivity index (χ0) is 19.4. The van der Waals surface area contributed by atoms with Crippen LogP contribution in [0, 0.1) is 0 Å². The second-order valence-electron chi connectivity index (χ2n) is 7.11. The summed E-state index contributed by atoms with van der Waals surface area (Å²) in [6, 6.07) is 22.5. The third-order valence-corrected chi connectivity index (χ3v) is 6.62. The first kappa shape index (κ1) is 18.8. The van der Waals surface area contributed by atoms with Crippen LogP contribution in [-0.2, 0) is 16.6 Å². The Bertz CT molecular complexity index is 996. The van der Waals surface area contributed by atoms with Crippen molar-refractivity contribution in [1.82, 2.24) is 14.6 Å². The molecule has 28 heavy (non-hydrogen) atoms. The number of aromatic nitrogens is 1. The largest absolute Gasteiger partial charge is 0.297 e. The number of benzene rings is 2. The van der Waals surface area contributed by atoms with E-state index in [0.717, 1.165) is 18.7 Å². The molecule has 1 N–H and O–H groups in total. The Hall–Kier alpha value is -2.54. The summed E-state index contributed by atoms with van der Waals surface area (Å²) in [7, 11) is -3.58. The van der Waals surface area contributed by atoms with E-state index < -0.39 is 10.0 Å². The van der Waals surface area contributed by atoms with Gasteiger partial charge in [0.15, 0.2) is 0 Å². The Kier molecular flexibility index (Phi) is 5.52. The van der Waals surface area contributed by atoms with Gasteiger partial charge in [-0.25, -0.2) is 13.1 Å². The maximum atomic E-state index is 12.9. The van der Waals surface area contributed by atoms with Crippen molar-refractivity contribution >= 4 is 10.0 Å². The molecular formula is C22H23N3O2S. The van der Waals surface area contributed by atoms with E-state index in [1.807, 2.05) is 42.6 Å². The normalized spacial score (nSPS) is 20.3. The molecule has 1 aromatic heterocycles. The SMILES string of the molecule is O=S(=O)(N[C@H]1CN(Cc2ccccc2)C[C@@H]1c1cccnc1)c1ccccc1. The second-order valence-corrected chi connectivity index (χ2v) is 8.83. The summed E-state index contributed by atoms with van der Waals surface area (Å²) < 4.78 is 28.7. The molecule has 1 saturated heterocycles. The number of pyridine rings is 1. The van der Waals surface area contributed by atoms with Crippen LogP contribution in [0.25, 0.3) is 0 Å². The van der Waals surface area contributed by atoms with E-state index in [1.54, 1.807) is 30.5 Å². The highest BCUT2D eigenvalue weighted by Gasteiger charge is 2.36. The molecule has 5 nitrogen and oxygen atoms in total. The smallest absolute Gasteiger partial charge is 0.240 e. The van der Waals surface area contributed by atoms with Gasteiger partial charge in [-0.15, -0.1) is 0 Å². The van der Waals surface area contributed by atoms with Crippen LogP contribution in [0.15, 0.2) is 90.1 Å². The number of likely N-dealkylation sites (tertiary alicyclic amines) is 1. The lowest BCUT2D eigenvalue weighted by molar-refractivity contribution is 0.322. The van der Waals surface area contributed by atoms with Crippen LogP contribution in [-0.4, -0.2) is 37.4 Å². The van der Waals surface area contributed by atoms with E-state index in [2.05, 4.69) is 26.7 Å². The Morgan fingerprint density at radius 1 is 0.929 bits per heavy atom. The third-order valence-electron chi connectivity index (χ3n) is 5.12. The maximum Gasteiger partial charge on any atom is 0.240 e. The van der Waals surface area contributed by atoms with Gasteiger partial charge < -0.3 is 0 Å². The van der Waals surface area contributed by atoms with Gasteiger partial charge in [-0.05, 0) is 29.3 Å². The summed E-state index contributed by atoms with van der Waals surface area (Å²) in [6.07, 6.45) is 3.57. The molecule has 144 valence electrons. The van der Waals surface area contributed by atoms with Crippen LogP contribution in [0.4, 0.5) is 0 Å². The highest BCUT2D eigenvalue weighted by molar-refractivity contribution is 7.89. The average Bonchev–Trinajstić information content (AvgIpc) is 3.11. The van der Waals surface area contributed by atoms with Gasteiger partial charge in [-0.1, -0.05) is 54.6 Å². The first-order valence-electron chi connectivity index (χ1n) is 9.35. The molecule has 6 heteroatoms. The molecule has 2 aromatic carbocycles. The van der Waals surface area contributed by atoms with Gasteiger partial charge in [-0.3, -0.25) is 9.88 Å². The number of nitrogens with one attached hydrogen (secondary N) is 1. The van der Waals surface area contributed by atoms with E-state index in [0.29, 0.717) is 11.4 Å². The second kappa shape index (κ2) is 8.22. The van der Waals surface area contributed by atoms with Gasteiger partial charge in [0, 0.05) is 44.0 Å². The minimum absolute atomic E-state index is 0.0518. The van der Waals surface area contributed by atoms with Crippen LogP contribution in [0.3, 0.4) is 0 Å². The van der Waals surface area contributed by atoms with Crippen molar-refractivity contribution < 1.29 is 8.42 Å². The highest BCUT2D eigenvalue weighted by atomic mass is 32.2. The van der Waals surface area contributed by atoms with Crippen LogP contribution in [0.5, 0.6) is 0 Å². The molecule has 0 unspecified atom stereocenters. The highest BCUT2D eigenvalue weighted by Crippen LogP contribution is 2.29. The predicted octanol–water partition coefficient (Wildman–Crippen LogP) is 3.03. The maximum absolute atomic E-state index is 12.9. The lowest BCUT2D eigenvalue weighted by Gasteiger charge is -2.20. The van der Waals surface area contributed by atoms with Crippen LogP contribution in [0.1, 0.15) is 17.0 Å². The molecule has 0 spiro atoms. The minimum atomic E-state index is -3.58. The molecule has 1 aliphatic rings. The summed E-state index contributed by atoms with van der Waals surface area (Å²) in [5.41, 5.74) is 2.28. The molecular weight excluding hydrogens is 370 g/mol. The molecule has 3 aromatic rings. The molecule has 1 fully saturated rings. The van der Waals surface area contributed by atoms with Crippen molar-refractivity contribution in [2.75, 3.05) is 13.1 Å². The van der Waals surface area contributed by atoms with Crippen LogP contribution < -0.4 is 4.72 Å². The van der Waals surface area contributed by atoms with Gasteiger partial charge in [0.1, 0.15) is 0 Å². The topological polar surface area (TPSA) is 62.3 Å². The fourth-order valence-corrected chi connectivity index (χ4v) is 5.06. The van der Waals surface area contributed by atoms with Crippen LogP contribution >= 0.6 is 0 Å². The Balaban J connectivity index is 1.57. The molecule has 0 bridgehead atoms. The van der Waals surface area contributed by atoms with E-state index >= 15 is 0 Å². The number of rotatable bonds is 6. The minimum Gasteiger partial charge on any atom is -0.297 e. The van der Waals surface area contributed by atoms with Gasteiger partial charge in [0.25, 0.3) is 0 Å². The van der Waals surface area contributed by atoms with E-state index in [-0.39, 0.29) is 12.0 Å². The molecule has 0 saturated carbocycles. The molecule has 0 amide bonds. The van der Waals surface area contributed by atoms with Crippen molar-refractivity contribution in [3.63, 3.8) is 0 Å². The molecule has 1 aliphatic heterocycles. The quantitative estimate of drug-likeness (QED) is 0.699. The lowest BCUT2D eigenvalue weighted by atomic mass is 9.97. The molecule has 4 rings (SSSR count). The van der Waals surface area contributed by atoms with E-state index in [4.69, 9.17) is 0 Å². The van der Waals surface area contributed by atoms with Crippen molar-refractivity contribution in [2.45, 2.75) is 23.4 Å². The molecule has 0 aliphatic carbocycles.